The van der Waals surface area contributed by atoms with E-state index in [0.717, 1.165) is 31.5 Å². The molecule has 19 heavy (non-hydrogen) atoms. The molecule has 0 amide bonds. The molecule has 1 saturated heterocycles. The number of benzene rings is 1. The third-order valence-corrected chi connectivity index (χ3v) is 3.67. The number of nitrogens with zero attached hydrogens (tertiary/aromatic N) is 2. The first-order valence-corrected chi connectivity index (χ1v) is 6.59. The Hall–Kier alpha value is -1.73. The molecule has 1 aromatic carbocycles. The zero-order valence-corrected chi connectivity index (χ0v) is 11.5. The van der Waals surface area contributed by atoms with Crippen LogP contribution in [-0.4, -0.2) is 25.7 Å². The van der Waals surface area contributed by atoms with Crippen molar-refractivity contribution in [2.75, 3.05) is 18.6 Å². The molecule has 1 aromatic rings. The van der Waals surface area contributed by atoms with Crippen molar-refractivity contribution in [2.45, 2.75) is 25.3 Å². The summed E-state index contributed by atoms with van der Waals surface area (Å²) >= 11 is 6.21. The van der Waals surface area contributed by atoms with E-state index in [1.165, 1.54) is 7.11 Å². The van der Waals surface area contributed by atoms with E-state index in [9.17, 15) is 4.79 Å². The van der Waals surface area contributed by atoms with E-state index in [4.69, 9.17) is 21.6 Å². The van der Waals surface area contributed by atoms with Crippen molar-refractivity contribution in [1.29, 1.82) is 5.26 Å². The normalized spacial score (nSPS) is 18.8. The molecule has 2 rings (SSSR count). The molecular weight excluding hydrogens is 264 g/mol. The summed E-state index contributed by atoms with van der Waals surface area (Å²) in [7, 11) is 1.40. The van der Waals surface area contributed by atoms with Gasteiger partial charge in [-0.25, -0.2) is 4.79 Å². The number of piperidine rings is 1. The van der Waals surface area contributed by atoms with Crippen molar-refractivity contribution in [3.8, 4) is 6.07 Å². The van der Waals surface area contributed by atoms with Gasteiger partial charge < -0.3 is 9.64 Å². The lowest BCUT2D eigenvalue weighted by Crippen LogP contribution is -2.45. The highest BCUT2D eigenvalue weighted by atomic mass is 35.5. The second-order valence-corrected chi connectivity index (χ2v) is 4.91. The number of anilines is 1. The third-order valence-electron chi connectivity index (χ3n) is 3.36. The highest BCUT2D eigenvalue weighted by Gasteiger charge is 2.30. The van der Waals surface area contributed by atoms with E-state index in [0.29, 0.717) is 10.6 Å². The van der Waals surface area contributed by atoms with E-state index in [2.05, 4.69) is 0 Å². The summed E-state index contributed by atoms with van der Waals surface area (Å²) in [6.07, 6.45) is 2.79. The Morgan fingerprint density at radius 3 is 2.95 bits per heavy atom. The van der Waals surface area contributed by atoms with Gasteiger partial charge in [0.15, 0.2) is 0 Å². The Balaban J connectivity index is 2.32. The SMILES string of the molecule is COC(=O)C1CCCCN1c1ccc(C#N)cc1Cl. The second kappa shape index (κ2) is 5.94. The zero-order valence-electron chi connectivity index (χ0n) is 10.7. The van der Waals surface area contributed by atoms with Crippen LogP contribution in [-0.2, 0) is 9.53 Å². The molecule has 0 N–H and O–H groups in total. The predicted molar refractivity (Wildman–Crippen MR) is 73.2 cm³/mol. The number of hydrogen-bond acceptors (Lipinski definition) is 4. The van der Waals surface area contributed by atoms with Gasteiger partial charge in [-0.15, -0.1) is 0 Å². The van der Waals surface area contributed by atoms with Crippen LogP contribution in [0.2, 0.25) is 5.02 Å². The number of ether oxygens (including phenoxy) is 1. The van der Waals surface area contributed by atoms with Gasteiger partial charge in [-0.3, -0.25) is 0 Å². The Labute approximate surface area is 117 Å². The fourth-order valence-corrected chi connectivity index (χ4v) is 2.70. The van der Waals surface area contributed by atoms with Crippen LogP contribution in [0.25, 0.3) is 0 Å². The first-order valence-electron chi connectivity index (χ1n) is 6.21. The van der Waals surface area contributed by atoms with Crippen LogP contribution in [0.5, 0.6) is 0 Å². The molecule has 1 aliphatic heterocycles. The number of halogens is 1. The van der Waals surface area contributed by atoms with Gasteiger partial charge in [0.1, 0.15) is 6.04 Å². The monoisotopic (exact) mass is 278 g/mol. The summed E-state index contributed by atoms with van der Waals surface area (Å²) in [4.78, 5) is 13.8. The molecule has 100 valence electrons. The van der Waals surface area contributed by atoms with Gasteiger partial charge in [0.05, 0.1) is 29.5 Å². The molecule has 4 nitrogen and oxygen atoms in total. The van der Waals surface area contributed by atoms with Crippen LogP contribution in [0.15, 0.2) is 18.2 Å². The van der Waals surface area contributed by atoms with Gasteiger partial charge in [0, 0.05) is 6.54 Å². The van der Waals surface area contributed by atoms with Crippen LogP contribution in [0.1, 0.15) is 24.8 Å². The molecule has 0 radical (unpaired) electrons. The number of rotatable bonds is 2. The van der Waals surface area contributed by atoms with Gasteiger partial charge >= 0.3 is 5.97 Å². The summed E-state index contributed by atoms with van der Waals surface area (Å²) in [6, 6.07) is 6.89. The molecular formula is C14H15ClN2O2. The Kier molecular flexibility index (Phi) is 4.28. The molecule has 1 fully saturated rings. The topological polar surface area (TPSA) is 53.3 Å². The van der Waals surface area contributed by atoms with Gasteiger partial charge in [0.25, 0.3) is 0 Å². The fourth-order valence-electron chi connectivity index (χ4n) is 2.41. The fraction of sp³-hybridized carbons (Fsp3) is 0.429. The number of nitriles is 1. The highest BCUT2D eigenvalue weighted by molar-refractivity contribution is 6.33. The Bertz CT molecular complexity index is 525. The first-order chi connectivity index (χ1) is 9.17. The molecule has 0 spiro atoms. The minimum atomic E-state index is -0.288. The van der Waals surface area contributed by atoms with E-state index in [-0.39, 0.29) is 12.0 Å². The Morgan fingerprint density at radius 1 is 1.53 bits per heavy atom. The van der Waals surface area contributed by atoms with Crippen molar-refractivity contribution in [3.63, 3.8) is 0 Å². The quantitative estimate of drug-likeness (QED) is 0.781. The summed E-state index contributed by atoms with van der Waals surface area (Å²) in [5.74, 6) is -0.236. The van der Waals surface area contributed by atoms with Crippen LogP contribution in [0, 0.1) is 11.3 Å². The van der Waals surface area contributed by atoms with Gasteiger partial charge in [0.2, 0.25) is 0 Å². The molecule has 1 heterocycles. The van der Waals surface area contributed by atoms with Crippen molar-refractivity contribution in [2.24, 2.45) is 0 Å². The zero-order chi connectivity index (χ0) is 13.8. The maximum atomic E-state index is 11.8. The summed E-state index contributed by atoms with van der Waals surface area (Å²) < 4.78 is 4.85. The summed E-state index contributed by atoms with van der Waals surface area (Å²) in [6.45, 7) is 0.769. The number of esters is 1. The molecule has 0 bridgehead atoms. The number of methoxy groups -OCH3 is 1. The molecule has 0 saturated carbocycles. The van der Waals surface area contributed by atoms with Gasteiger partial charge in [-0.05, 0) is 37.5 Å². The first kappa shape index (κ1) is 13.7. The van der Waals surface area contributed by atoms with Crippen LogP contribution in [0.3, 0.4) is 0 Å². The number of carbonyl (C=O) groups is 1. The van der Waals surface area contributed by atoms with E-state index >= 15 is 0 Å². The van der Waals surface area contributed by atoms with Crippen LogP contribution >= 0.6 is 11.6 Å². The minimum absolute atomic E-state index is 0.236. The average molecular weight is 279 g/mol. The molecule has 1 unspecified atom stereocenters. The lowest BCUT2D eigenvalue weighted by Gasteiger charge is -2.36. The third kappa shape index (κ3) is 2.82. The molecule has 1 atom stereocenters. The standard InChI is InChI=1S/C14H15ClN2O2/c1-19-14(18)13-4-2-3-7-17(13)12-6-5-10(9-16)8-11(12)15/h5-6,8,13H,2-4,7H2,1H3. The van der Waals surface area contributed by atoms with E-state index in [1.54, 1.807) is 18.2 Å². The van der Waals surface area contributed by atoms with E-state index < -0.39 is 0 Å². The molecule has 5 heteroatoms. The van der Waals surface area contributed by atoms with Crippen LogP contribution < -0.4 is 4.90 Å². The number of hydrogen-bond donors (Lipinski definition) is 0. The Morgan fingerprint density at radius 2 is 2.32 bits per heavy atom. The molecule has 0 aromatic heterocycles. The molecule has 0 aliphatic carbocycles. The largest absolute Gasteiger partial charge is 0.467 e. The van der Waals surface area contributed by atoms with Gasteiger partial charge in [-0.1, -0.05) is 11.6 Å². The average Bonchev–Trinajstić information content (AvgIpc) is 2.46. The summed E-state index contributed by atoms with van der Waals surface area (Å²) in [5, 5.41) is 9.34. The van der Waals surface area contributed by atoms with Crippen molar-refractivity contribution in [3.05, 3.63) is 28.8 Å². The maximum absolute atomic E-state index is 11.8. The lowest BCUT2D eigenvalue weighted by molar-refractivity contribution is -0.142. The summed E-state index contributed by atoms with van der Waals surface area (Å²) in [5.41, 5.74) is 1.30. The van der Waals surface area contributed by atoms with Gasteiger partial charge in [-0.2, -0.15) is 5.26 Å². The highest BCUT2D eigenvalue weighted by Crippen LogP contribution is 2.32. The lowest BCUT2D eigenvalue weighted by atomic mass is 10.0. The molecule has 1 aliphatic rings. The number of carbonyl (C=O) groups excluding carboxylic acids is 1. The second-order valence-electron chi connectivity index (χ2n) is 4.51. The van der Waals surface area contributed by atoms with E-state index in [1.807, 2.05) is 11.0 Å². The van der Waals surface area contributed by atoms with Crippen LogP contribution in [0.4, 0.5) is 5.69 Å². The van der Waals surface area contributed by atoms with Crippen molar-refractivity contribution < 1.29 is 9.53 Å². The maximum Gasteiger partial charge on any atom is 0.328 e. The smallest absolute Gasteiger partial charge is 0.328 e. The predicted octanol–water partition coefficient (Wildman–Crippen LogP) is 2.74. The van der Waals surface area contributed by atoms with Crippen molar-refractivity contribution in [1.82, 2.24) is 0 Å². The van der Waals surface area contributed by atoms with Crippen molar-refractivity contribution >= 4 is 23.3 Å². The minimum Gasteiger partial charge on any atom is -0.467 e.